The van der Waals surface area contributed by atoms with Gasteiger partial charge in [-0.3, -0.25) is 0 Å². The number of carboxylic acid groups (broad SMARTS) is 1. The Labute approximate surface area is 135 Å². The maximum Gasteiger partial charge on any atom is 0.408 e. The predicted octanol–water partition coefficient (Wildman–Crippen LogP) is 1.57. The fourth-order valence-electron chi connectivity index (χ4n) is 1.80. The van der Waals surface area contributed by atoms with Gasteiger partial charge in [-0.05, 0) is 32.8 Å². The van der Waals surface area contributed by atoms with E-state index in [9.17, 15) is 14.7 Å². The lowest BCUT2D eigenvalue weighted by Gasteiger charge is -2.25. The van der Waals surface area contributed by atoms with Crippen LogP contribution in [-0.2, 0) is 16.0 Å². The normalized spacial score (nSPS) is 13.2. The van der Waals surface area contributed by atoms with Crippen molar-refractivity contribution in [3.05, 3.63) is 35.9 Å². The number of amides is 1. The molecule has 124 valence electrons. The molecule has 2 atom stereocenters. The molecule has 0 spiro atoms. The quantitative estimate of drug-likeness (QED) is 0.732. The lowest BCUT2D eigenvalue weighted by Crippen LogP contribution is -2.46. The number of aliphatic carboxylic acids is 1. The van der Waals surface area contributed by atoms with Gasteiger partial charge in [0, 0.05) is 5.92 Å². The van der Waals surface area contributed by atoms with Crippen molar-refractivity contribution in [2.45, 2.75) is 44.9 Å². The summed E-state index contributed by atoms with van der Waals surface area (Å²) in [5.41, 5.74) is 0.184. The fraction of sp³-hybridized carbons (Fsp3) is 0.412. The van der Waals surface area contributed by atoms with Crippen molar-refractivity contribution in [1.82, 2.24) is 5.32 Å². The number of alkyl carbamates (subject to hydrolysis) is 1. The highest BCUT2D eigenvalue weighted by Gasteiger charge is 2.24. The largest absolute Gasteiger partial charge is 0.472 e. The lowest BCUT2D eigenvalue weighted by molar-refractivity contribution is -0.130. The van der Waals surface area contributed by atoms with Crippen LogP contribution in [0.1, 0.15) is 26.3 Å². The van der Waals surface area contributed by atoms with Crippen LogP contribution in [0.4, 0.5) is 4.79 Å². The van der Waals surface area contributed by atoms with Gasteiger partial charge < -0.3 is 20.3 Å². The van der Waals surface area contributed by atoms with Crippen LogP contribution in [0.5, 0.6) is 0 Å². The van der Waals surface area contributed by atoms with E-state index in [-0.39, 0.29) is 6.42 Å². The van der Waals surface area contributed by atoms with Gasteiger partial charge in [-0.1, -0.05) is 36.3 Å². The van der Waals surface area contributed by atoms with E-state index in [4.69, 9.17) is 9.84 Å². The van der Waals surface area contributed by atoms with Gasteiger partial charge in [0.25, 0.3) is 0 Å². The molecule has 0 saturated carbocycles. The van der Waals surface area contributed by atoms with Crippen LogP contribution in [0, 0.1) is 11.8 Å². The minimum absolute atomic E-state index is 0.287. The molecule has 0 fully saturated rings. The van der Waals surface area contributed by atoms with E-state index >= 15 is 0 Å². The highest BCUT2D eigenvalue weighted by Crippen LogP contribution is 2.10. The molecule has 0 aromatic heterocycles. The third-order valence-electron chi connectivity index (χ3n) is 2.71. The van der Waals surface area contributed by atoms with Gasteiger partial charge in [-0.25, -0.2) is 9.59 Å². The summed E-state index contributed by atoms with van der Waals surface area (Å²) in [6, 6.07) is 8.38. The fourth-order valence-corrected chi connectivity index (χ4v) is 1.80. The topological polar surface area (TPSA) is 95.9 Å². The van der Waals surface area contributed by atoms with Crippen LogP contribution in [-0.4, -0.2) is 40.0 Å². The van der Waals surface area contributed by atoms with Crippen molar-refractivity contribution < 1.29 is 24.5 Å². The number of carbonyl (C=O) groups is 2. The van der Waals surface area contributed by atoms with Gasteiger partial charge in [0.1, 0.15) is 11.7 Å². The van der Waals surface area contributed by atoms with Crippen LogP contribution in [0.2, 0.25) is 0 Å². The average molecular weight is 319 g/mol. The molecule has 1 aromatic rings. The first-order valence-corrected chi connectivity index (χ1v) is 7.13. The van der Waals surface area contributed by atoms with Gasteiger partial charge in [0.15, 0.2) is 0 Å². The van der Waals surface area contributed by atoms with Crippen molar-refractivity contribution in [1.29, 1.82) is 0 Å². The Morgan fingerprint density at radius 3 is 2.39 bits per heavy atom. The van der Waals surface area contributed by atoms with E-state index in [1.54, 1.807) is 20.8 Å². The molecule has 0 aliphatic rings. The summed E-state index contributed by atoms with van der Waals surface area (Å²) in [5.74, 6) is 2.72. The second kappa shape index (κ2) is 8.20. The van der Waals surface area contributed by atoms with Crippen LogP contribution in [0.3, 0.4) is 0 Å². The minimum atomic E-state index is -1.35. The molecule has 0 heterocycles. The number of rotatable bonds is 4. The molecule has 1 amide bonds. The zero-order chi connectivity index (χ0) is 17.5. The summed E-state index contributed by atoms with van der Waals surface area (Å²) in [5, 5.41) is 21.2. The molecule has 1 aromatic carbocycles. The SMILES string of the molecule is CC(C)(C)OC(=O)N[C@@H](Cc1ccccc1)[C@H](O)C#CC(=O)O. The molecule has 6 heteroatoms. The molecular weight excluding hydrogens is 298 g/mol. The predicted molar refractivity (Wildman–Crippen MR) is 84.7 cm³/mol. The molecule has 1 rings (SSSR count). The minimum Gasteiger partial charge on any atom is -0.472 e. The number of aliphatic hydroxyl groups excluding tert-OH is 1. The molecule has 0 saturated heterocycles. The second-order valence-corrected chi connectivity index (χ2v) is 5.96. The van der Waals surface area contributed by atoms with Crippen LogP contribution in [0.25, 0.3) is 0 Å². The van der Waals surface area contributed by atoms with Gasteiger partial charge >= 0.3 is 12.1 Å². The zero-order valence-corrected chi connectivity index (χ0v) is 13.4. The molecule has 0 radical (unpaired) electrons. The summed E-state index contributed by atoms with van der Waals surface area (Å²) in [6.07, 6.45) is -1.75. The Balaban J connectivity index is 2.86. The van der Waals surface area contributed by atoms with Crippen LogP contribution in [0.15, 0.2) is 30.3 Å². The van der Waals surface area contributed by atoms with Gasteiger partial charge in [0.2, 0.25) is 0 Å². The Morgan fingerprint density at radius 1 is 1.26 bits per heavy atom. The Bertz CT molecular complexity index is 595. The molecule has 0 unspecified atom stereocenters. The molecular formula is C17H21NO5. The number of carbonyl (C=O) groups excluding carboxylic acids is 1. The first-order chi connectivity index (χ1) is 10.7. The van der Waals surface area contributed by atoms with Crippen molar-refractivity contribution in [3.63, 3.8) is 0 Å². The van der Waals surface area contributed by atoms with Crippen LogP contribution < -0.4 is 5.32 Å². The van der Waals surface area contributed by atoms with E-state index < -0.39 is 29.8 Å². The molecule has 3 N–H and O–H groups in total. The third-order valence-corrected chi connectivity index (χ3v) is 2.71. The van der Waals surface area contributed by atoms with Gasteiger partial charge in [0.05, 0.1) is 6.04 Å². The number of nitrogens with one attached hydrogen (secondary N) is 1. The number of carboxylic acids is 1. The summed E-state index contributed by atoms with van der Waals surface area (Å²) >= 11 is 0. The first kappa shape index (κ1) is 18.5. The number of aliphatic hydroxyl groups is 1. The molecule has 0 aliphatic carbocycles. The summed E-state index contributed by atoms with van der Waals surface area (Å²) in [7, 11) is 0. The molecule has 6 nitrogen and oxygen atoms in total. The van der Waals surface area contributed by atoms with E-state index in [0.29, 0.717) is 0 Å². The van der Waals surface area contributed by atoms with E-state index in [1.807, 2.05) is 36.3 Å². The second-order valence-electron chi connectivity index (χ2n) is 5.96. The number of ether oxygens (including phenoxy) is 1. The maximum atomic E-state index is 11.9. The summed E-state index contributed by atoms with van der Waals surface area (Å²) in [4.78, 5) is 22.4. The highest BCUT2D eigenvalue weighted by atomic mass is 16.6. The number of hydrogen-bond acceptors (Lipinski definition) is 4. The Morgan fingerprint density at radius 2 is 1.87 bits per heavy atom. The van der Waals surface area contributed by atoms with Crippen molar-refractivity contribution >= 4 is 12.1 Å². The third kappa shape index (κ3) is 7.88. The standard InChI is InChI=1S/C17H21NO5/c1-17(2,3)23-16(22)18-13(14(19)9-10-15(20)21)11-12-7-5-4-6-8-12/h4-8,13-14,19H,11H2,1-3H3,(H,18,22)(H,20,21)/t13-,14+/m0/s1. The smallest absolute Gasteiger partial charge is 0.408 e. The Kier molecular flexibility index (Phi) is 6.61. The lowest BCUT2D eigenvalue weighted by atomic mass is 10.0. The van der Waals surface area contributed by atoms with E-state index in [1.165, 1.54) is 0 Å². The summed E-state index contributed by atoms with van der Waals surface area (Å²) < 4.78 is 5.16. The maximum absolute atomic E-state index is 11.9. The average Bonchev–Trinajstić information content (AvgIpc) is 2.43. The number of benzene rings is 1. The van der Waals surface area contributed by atoms with Crippen molar-refractivity contribution in [2.24, 2.45) is 0 Å². The number of hydrogen-bond donors (Lipinski definition) is 3. The van der Waals surface area contributed by atoms with Gasteiger partial charge in [-0.2, -0.15) is 0 Å². The zero-order valence-electron chi connectivity index (χ0n) is 13.4. The first-order valence-electron chi connectivity index (χ1n) is 7.13. The molecule has 0 bridgehead atoms. The summed E-state index contributed by atoms with van der Waals surface area (Å²) in [6.45, 7) is 5.17. The van der Waals surface area contributed by atoms with E-state index in [2.05, 4.69) is 11.2 Å². The molecule has 23 heavy (non-hydrogen) atoms. The van der Waals surface area contributed by atoms with Gasteiger partial charge in [-0.15, -0.1) is 0 Å². The highest BCUT2D eigenvalue weighted by molar-refractivity contribution is 5.86. The van der Waals surface area contributed by atoms with E-state index in [0.717, 1.165) is 5.56 Å². The molecule has 0 aliphatic heterocycles. The van der Waals surface area contributed by atoms with Crippen LogP contribution >= 0.6 is 0 Å². The Hall–Kier alpha value is -2.52. The monoisotopic (exact) mass is 319 g/mol. The van der Waals surface area contributed by atoms with Crippen molar-refractivity contribution in [3.8, 4) is 11.8 Å². The van der Waals surface area contributed by atoms with Crippen molar-refractivity contribution in [2.75, 3.05) is 0 Å².